The SMILES string of the molecule is CC1=CC=CN2C(=O)C(CCN3CC=C(c4c[nH]c5ccccc45)CC3)=C(C)NC12. The number of aromatic nitrogens is 1. The summed E-state index contributed by atoms with van der Waals surface area (Å²) in [5.74, 6) is 0.131. The maximum atomic E-state index is 13.0. The van der Waals surface area contributed by atoms with Crippen LogP contribution >= 0.6 is 0 Å². The number of para-hydroxylation sites is 1. The number of nitrogens with one attached hydrogen (secondary N) is 2. The van der Waals surface area contributed by atoms with Gasteiger partial charge in [-0.05, 0) is 50.0 Å². The van der Waals surface area contributed by atoms with Crippen molar-refractivity contribution in [2.24, 2.45) is 0 Å². The third-order valence-electron chi connectivity index (χ3n) is 6.52. The van der Waals surface area contributed by atoms with Crippen LogP contribution in [0.3, 0.4) is 0 Å². The number of nitrogens with zero attached hydrogens (tertiary/aromatic N) is 2. The molecule has 1 amide bonds. The maximum Gasteiger partial charge on any atom is 0.257 e. The first-order chi connectivity index (χ1) is 14.6. The Kier molecular flexibility index (Phi) is 4.83. The Morgan fingerprint density at radius 1 is 1.20 bits per heavy atom. The van der Waals surface area contributed by atoms with Gasteiger partial charge in [0.2, 0.25) is 0 Å². The van der Waals surface area contributed by atoms with E-state index < -0.39 is 0 Å². The standard InChI is InChI=1S/C25H28N4O/c1-17-6-5-12-29-24(17)27-18(2)20(25(29)30)11-15-28-13-9-19(10-14-28)22-16-26-23-8-4-3-7-21(22)23/h3-9,12,16,24,26-27H,10-11,13-15H2,1-2H3. The van der Waals surface area contributed by atoms with Crippen LogP contribution in [0.4, 0.5) is 0 Å². The zero-order chi connectivity index (χ0) is 20.7. The van der Waals surface area contributed by atoms with Crippen molar-refractivity contribution in [2.45, 2.75) is 32.9 Å². The third kappa shape index (κ3) is 3.29. The topological polar surface area (TPSA) is 51.4 Å². The van der Waals surface area contributed by atoms with E-state index in [4.69, 9.17) is 0 Å². The predicted molar refractivity (Wildman–Crippen MR) is 121 cm³/mol. The molecule has 0 radical (unpaired) electrons. The van der Waals surface area contributed by atoms with Gasteiger partial charge in [0.25, 0.3) is 5.91 Å². The summed E-state index contributed by atoms with van der Waals surface area (Å²) in [6.45, 7) is 6.94. The highest BCUT2D eigenvalue weighted by atomic mass is 16.2. The molecule has 0 spiro atoms. The van der Waals surface area contributed by atoms with Gasteiger partial charge in [-0.15, -0.1) is 0 Å². The molecule has 154 valence electrons. The summed E-state index contributed by atoms with van der Waals surface area (Å²) >= 11 is 0. The number of H-pyrrole nitrogens is 1. The second kappa shape index (κ2) is 7.65. The molecule has 3 aliphatic heterocycles. The van der Waals surface area contributed by atoms with Crippen molar-refractivity contribution in [2.75, 3.05) is 19.6 Å². The molecule has 0 saturated heterocycles. The smallest absolute Gasteiger partial charge is 0.257 e. The molecule has 0 saturated carbocycles. The molecular formula is C25H28N4O. The Labute approximate surface area is 177 Å². The summed E-state index contributed by atoms with van der Waals surface area (Å²) in [5, 5.41) is 4.81. The van der Waals surface area contributed by atoms with Gasteiger partial charge >= 0.3 is 0 Å². The van der Waals surface area contributed by atoms with E-state index in [0.29, 0.717) is 0 Å². The van der Waals surface area contributed by atoms with E-state index in [9.17, 15) is 4.79 Å². The molecule has 1 unspecified atom stereocenters. The van der Waals surface area contributed by atoms with E-state index in [1.807, 2.05) is 24.1 Å². The minimum atomic E-state index is -0.0390. The summed E-state index contributed by atoms with van der Waals surface area (Å²) in [5.41, 5.74) is 7.00. The van der Waals surface area contributed by atoms with Gasteiger partial charge in [0, 0.05) is 59.8 Å². The van der Waals surface area contributed by atoms with Crippen LogP contribution in [0.5, 0.6) is 0 Å². The average Bonchev–Trinajstić information content (AvgIpc) is 3.19. The number of hydrogen-bond donors (Lipinski definition) is 2. The van der Waals surface area contributed by atoms with Crippen LogP contribution < -0.4 is 5.32 Å². The van der Waals surface area contributed by atoms with Crippen molar-refractivity contribution in [3.63, 3.8) is 0 Å². The number of aromatic amines is 1. The number of fused-ring (bicyclic) bond motifs is 2. The fourth-order valence-electron chi connectivity index (χ4n) is 4.72. The average molecular weight is 401 g/mol. The summed E-state index contributed by atoms with van der Waals surface area (Å²) in [7, 11) is 0. The number of carbonyl (C=O) groups is 1. The largest absolute Gasteiger partial charge is 0.365 e. The minimum absolute atomic E-state index is 0.0390. The van der Waals surface area contributed by atoms with Crippen LogP contribution in [0.1, 0.15) is 32.3 Å². The Hall–Kier alpha value is -3.05. The summed E-state index contributed by atoms with van der Waals surface area (Å²) in [4.78, 5) is 20.7. The predicted octanol–water partition coefficient (Wildman–Crippen LogP) is 4.15. The number of amides is 1. The van der Waals surface area contributed by atoms with Gasteiger partial charge in [-0.3, -0.25) is 14.6 Å². The molecule has 2 N–H and O–H groups in total. The number of allylic oxidation sites excluding steroid dienone is 3. The van der Waals surface area contributed by atoms with Crippen LogP contribution in [0.2, 0.25) is 0 Å². The molecule has 4 heterocycles. The van der Waals surface area contributed by atoms with Crippen molar-refractivity contribution in [3.8, 4) is 0 Å². The molecule has 0 bridgehead atoms. The first-order valence-corrected chi connectivity index (χ1v) is 10.7. The van der Waals surface area contributed by atoms with E-state index >= 15 is 0 Å². The lowest BCUT2D eigenvalue weighted by Crippen LogP contribution is -2.52. The molecule has 0 aliphatic carbocycles. The lowest BCUT2D eigenvalue weighted by molar-refractivity contribution is -0.127. The van der Waals surface area contributed by atoms with Gasteiger partial charge in [-0.1, -0.05) is 30.4 Å². The fraction of sp³-hybridized carbons (Fsp3) is 0.320. The second-order valence-electron chi connectivity index (χ2n) is 8.39. The molecule has 1 aromatic heterocycles. The summed E-state index contributed by atoms with van der Waals surface area (Å²) in [6, 6.07) is 8.47. The first-order valence-electron chi connectivity index (χ1n) is 10.7. The molecule has 5 heteroatoms. The van der Waals surface area contributed by atoms with Crippen LogP contribution in [0.25, 0.3) is 16.5 Å². The van der Waals surface area contributed by atoms with Gasteiger partial charge in [0.15, 0.2) is 0 Å². The number of benzene rings is 1. The van der Waals surface area contributed by atoms with Crippen LogP contribution in [0.15, 0.2) is 71.7 Å². The van der Waals surface area contributed by atoms with Crippen molar-refractivity contribution in [1.29, 1.82) is 0 Å². The van der Waals surface area contributed by atoms with E-state index in [-0.39, 0.29) is 12.1 Å². The molecule has 1 aromatic carbocycles. The highest BCUT2D eigenvalue weighted by Gasteiger charge is 2.33. The molecule has 0 fully saturated rings. The summed E-state index contributed by atoms with van der Waals surface area (Å²) < 4.78 is 0. The van der Waals surface area contributed by atoms with E-state index in [2.05, 4.69) is 64.7 Å². The minimum Gasteiger partial charge on any atom is -0.365 e. The van der Waals surface area contributed by atoms with Crippen LogP contribution in [-0.4, -0.2) is 46.5 Å². The van der Waals surface area contributed by atoms with Crippen LogP contribution in [-0.2, 0) is 4.79 Å². The zero-order valence-corrected chi connectivity index (χ0v) is 17.6. The highest BCUT2D eigenvalue weighted by Crippen LogP contribution is 2.30. The Balaban J connectivity index is 1.25. The highest BCUT2D eigenvalue weighted by molar-refractivity contribution is 5.96. The van der Waals surface area contributed by atoms with Gasteiger partial charge < -0.3 is 10.3 Å². The second-order valence-corrected chi connectivity index (χ2v) is 8.39. The number of rotatable bonds is 4. The quantitative estimate of drug-likeness (QED) is 0.811. The van der Waals surface area contributed by atoms with E-state index in [0.717, 1.165) is 49.3 Å². The Morgan fingerprint density at radius 3 is 2.90 bits per heavy atom. The van der Waals surface area contributed by atoms with Gasteiger partial charge in [0.05, 0.1) is 0 Å². The molecule has 2 aromatic rings. The molecule has 5 nitrogen and oxygen atoms in total. The molecule has 3 aliphatic rings. The van der Waals surface area contributed by atoms with Crippen molar-refractivity contribution in [1.82, 2.24) is 20.1 Å². The zero-order valence-electron chi connectivity index (χ0n) is 17.6. The molecule has 30 heavy (non-hydrogen) atoms. The lowest BCUT2D eigenvalue weighted by Gasteiger charge is -2.39. The van der Waals surface area contributed by atoms with Gasteiger partial charge in [-0.2, -0.15) is 0 Å². The molecular weight excluding hydrogens is 372 g/mol. The number of hydrogen-bond acceptors (Lipinski definition) is 3. The Morgan fingerprint density at radius 2 is 2.07 bits per heavy atom. The van der Waals surface area contributed by atoms with Crippen molar-refractivity contribution >= 4 is 22.4 Å². The lowest BCUT2D eigenvalue weighted by atomic mass is 9.98. The monoisotopic (exact) mass is 400 g/mol. The normalized spacial score (nSPS) is 22.1. The summed E-state index contributed by atoms with van der Waals surface area (Å²) in [6.07, 6.45) is 12.1. The third-order valence-corrected chi connectivity index (χ3v) is 6.52. The van der Waals surface area contributed by atoms with Crippen molar-refractivity contribution < 1.29 is 4.79 Å². The van der Waals surface area contributed by atoms with Gasteiger partial charge in [0.1, 0.15) is 6.17 Å². The Bertz CT molecular complexity index is 1120. The van der Waals surface area contributed by atoms with Crippen molar-refractivity contribution in [3.05, 3.63) is 77.3 Å². The van der Waals surface area contributed by atoms with Gasteiger partial charge in [-0.25, -0.2) is 0 Å². The number of carbonyl (C=O) groups excluding carboxylic acids is 1. The molecule has 1 atom stereocenters. The molecule has 5 rings (SSSR count). The maximum absolute atomic E-state index is 13.0. The fourth-order valence-corrected chi connectivity index (χ4v) is 4.72. The first kappa shape index (κ1) is 18.9. The van der Waals surface area contributed by atoms with E-state index in [1.54, 1.807) is 0 Å². The van der Waals surface area contributed by atoms with Crippen LogP contribution in [0, 0.1) is 0 Å². The van der Waals surface area contributed by atoms with E-state index in [1.165, 1.54) is 22.0 Å².